The Kier molecular flexibility index (Phi) is 5.39. The molecule has 1 saturated heterocycles. The van der Waals surface area contributed by atoms with Gasteiger partial charge in [0.15, 0.2) is 0 Å². The van der Waals surface area contributed by atoms with Crippen LogP contribution in [-0.2, 0) is 6.54 Å². The summed E-state index contributed by atoms with van der Waals surface area (Å²) in [5, 5.41) is 3.58. The standard InChI is InChI=1S/C15H24BrN3/c1-12-4-5-13(8-15(12)16)9-17-10-14-11-18(2)6-7-19(14)3/h4-5,8,14,17H,6-7,9-11H2,1-3H3. The van der Waals surface area contributed by atoms with Gasteiger partial charge in [-0.25, -0.2) is 0 Å². The first-order valence-corrected chi connectivity index (χ1v) is 7.70. The van der Waals surface area contributed by atoms with Gasteiger partial charge < -0.3 is 10.2 Å². The van der Waals surface area contributed by atoms with Gasteiger partial charge in [0.1, 0.15) is 0 Å². The number of benzene rings is 1. The number of nitrogens with one attached hydrogen (secondary N) is 1. The van der Waals surface area contributed by atoms with E-state index in [2.05, 4.69) is 70.3 Å². The molecule has 0 spiro atoms. The van der Waals surface area contributed by atoms with Gasteiger partial charge in [0.2, 0.25) is 0 Å². The van der Waals surface area contributed by atoms with E-state index in [1.807, 2.05) is 0 Å². The van der Waals surface area contributed by atoms with Gasteiger partial charge in [0.25, 0.3) is 0 Å². The summed E-state index contributed by atoms with van der Waals surface area (Å²) in [6.07, 6.45) is 0. The molecule has 1 heterocycles. The summed E-state index contributed by atoms with van der Waals surface area (Å²) in [6.45, 7) is 7.60. The van der Waals surface area contributed by atoms with Crippen LogP contribution in [0.2, 0.25) is 0 Å². The predicted molar refractivity (Wildman–Crippen MR) is 84.5 cm³/mol. The van der Waals surface area contributed by atoms with Crippen LogP contribution in [0.15, 0.2) is 22.7 Å². The predicted octanol–water partition coefficient (Wildman–Crippen LogP) is 2.09. The number of piperazine rings is 1. The fraction of sp³-hybridized carbons (Fsp3) is 0.600. The molecule has 1 fully saturated rings. The molecular weight excluding hydrogens is 302 g/mol. The van der Waals surface area contributed by atoms with Gasteiger partial charge in [0.05, 0.1) is 0 Å². The molecule has 0 aliphatic carbocycles. The number of aryl methyl sites for hydroxylation is 1. The van der Waals surface area contributed by atoms with Crippen molar-refractivity contribution < 1.29 is 0 Å². The van der Waals surface area contributed by atoms with Crippen molar-refractivity contribution in [1.82, 2.24) is 15.1 Å². The Bertz CT molecular complexity index is 422. The lowest BCUT2D eigenvalue weighted by molar-refractivity contribution is 0.113. The zero-order valence-electron chi connectivity index (χ0n) is 12.1. The van der Waals surface area contributed by atoms with Crippen LogP contribution in [0.1, 0.15) is 11.1 Å². The minimum Gasteiger partial charge on any atom is -0.311 e. The number of rotatable bonds is 4. The average molecular weight is 326 g/mol. The topological polar surface area (TPSA) is 18.5 Å². The fourth-order valence-electron chi connectivity index (χ4n) is 2.45. The van der Waals surface area contributed by atoms with Gasteiger partial charge in [-0.2, -0.15) is 0 Å². The first kappa shape index (κ1) is 15.0. The summed E-state index contributed by atoms with van der Waals surface area (Å²) in [7, 11) is 4.43. The first-order chi connectivity index (χ1) is 9.06. The lowest BCUT2D eigenvalue weighted by Crippen LogP contribution is -2.53. The summed E-state index contributed by atoms with van der Waals surface area (Å²) in [6, 6.07) is 7.19. The van der Waals surface area contributed by atoms with Crippen molar-refractivity contribution in [3.8, 4) is 0 Å². The van der Waals surface area contributed by atoms with Gasteiger partial charge in [-0.1, -0.05) is 28.1 Å². The normalized spacial score (nSPS) is 21.8. The monoisotopic (exact) mass is 325 g/mol. The number of halogens is 1. The van der Waals surface area contributed by atoms with Gasteiger partial charge in [0, 0.05) is 43.2 Å². The van der Waals surface area contributed by atoms with Crippen LogP contribution in [0.25, 0.3) is 0 Å². The van der Waals surface area contributed by atoms with E-state index >= 15 is 0 Å². The van der Waals surface area contributed by atoms with Crippen LogP contribution >= 0.6 is 15.9 Å². The summed E-state index contributed by atoms with van der Waals surface area (Å²) >= 11 is 3.59. The zero-order valence-corrected chi connectivity index (χ0v) is 13.7. The third-order valence-electron chi connectivity index (χ3n) is 3.93. The molecule has 1 aliphatic rings. The molecular formula is C15H24BrN3. The first-order valence-electron chi connectivity index (χ1n) is 6.91. The second-order valence-corrected chi connectivity index (χ2v) is 6.47. The molecule has 1 N–H and O–H groups in total. The number of nitrogens with zero attached hydrogens (tertiary/aromatic N) is 2. The minimum atomic E-state index is 0.618. The van der Waals surface area contributed by atoms with E-state index < -0.39 is 0 Å². The molecule has 4 heteroatoms. The zero-order chi connectivity index (χ0) is 13.8. The molecule has 1 aliphatic heterocycles. The molecule has 1 atom stereocenters. The molecule has 1 unspecified atom stereocenters. The summed E-state index contributed by atoms with van der Waals surface area (Å²) < 4.78 is 1.20. The second kappa shape index (κ2) is 6.84. The van der Waals surface area contributed by atoms with Crippen molar-refractivity contribution in [3.63, 3.8) is 0 Å². The maximum Gasteiger partial charge on any atom is 0.0345 e. The molecule has 0 aromatic heterocycles. The highest BCUT2D eigenvalue weighted by Crippen LogP contribution is 2.17. The van der Waals surface area contributed by atoms with Gasteiger partial charge >= 0.3 is 0 Å². The maximum absolute atomic E-state index is 3.59. The van der Waals surface area contributed by atoms with E-state index in [-0.39, 0.29) is 0 Å². The summed E-state index contributed by atoms with van der Waals surface area (Å²) in [4.78, 5) is 4.87. The van der Waals surface area contributed by atoms with E-state index in [1.165, 1.54) is 28.7 Å². The molecule has 106 valence electrons. The quantitative estimate of drug-likeness (QED) is 0.914. The van der Waals surface area contributed by atoms with E-state index in [0.717, 1.165) is 19.6 Å². The molecule has 0 amide bonds. The van der Waals surface area contributed by atoms with Crippen molar-refractivity contribution in [3.05, 3.63) is 33.8 Å². The van der Waals surface area contributed by atoms with E-state index in [4.69, 9.17) is 0 Å². The largest absolute Gasteiger partial charge is 0.311 e. The molecule has 19 heavy (non-hydrogen) atoms. The Morgan fingerprint density at radius 3 is 2.84 bits per heavy atom. The van der Waals surface area contributed by atoms with Crippen LogP contribution < -0.4 is 5.32 Å². The third kappa shape index (κ3) is 4.28. The fourth-order valence-corrected chi connectivity index (χ4v) is 2.88. The van der Waals surface area contributed by atoms with Crippen molar-refractivity contribution in [1.29, 1.82) is 0 Å². The molecule has 1 aromatic carbocycles. The SMILES string of the molecule is Cc1ccc(CNCC2CN(C)CCN2C)cc1Br. The van der Waals surface area contributed by atoms with Crippen LogP contribution in [0.3, 0.4) is 0 Å². The Hall–Kier alpha value is -0.420. The maximum atomic E-state index is 3.59. The Morgan fingerprint density at radius 1 is 1.32 bits per heavy atom. The van der Waals surface area contributed by atoms with Crippen LogP contribution in [0.5, 0.6) is 0 Å². The molecule has 3 nitrogen and oxygen atoms in total. The lowest BCUT2D eigenvalue weighted by atomic mass is 10.1. The van der Waals surface area contributed by atoms with Crippen LogP contribution in [0, 0.1) is 6.92 Å². The molecule has 0 bridgehead atoms. The molecule has 2 rings (SSSR count). The van der Waals surface area contributed by atoms with Crippen LogP contribution in [0.4, 0.5) is 0 Å². The Labute approximate surface area is 125 Å². The average Bonchev–Trinajstić information content (AvgIpc) is 2.38. The minimum absolute atomic E-state index is 0.618. The summed E-state index contributed by atoms with van der Waals surface area (Å²) in [5.74, 6) is 0. The van der Waals surface area contributed by atoms with Crippen molar-refractivity contribution in [2.75, 3.05) is 40.3 Å². The Morgan fingerprint density at radius 2 is 2.11 bits per heavy atom. The van der Waals surface area contributed by atoms with Gasteiger partial charge in [-0.3, -0.25) is 4.90 Å². The number of hydrogen-bond donors (Lipinski definition) is 1. The van der Waals surface area contributed by atoms with Crippen molar-refractivity contribution in [2.45, 2.75) is 19.5 Å². The number of hydrogen-bond acceptors (Lipinski definition) is 3. The van der Waals surface area contributed by atoms with Crippen molar-refractivity contribution in [2.24, 2.45) is 0 Å². The molecule has 1 aromatic rings. The third-order valence-corrected chi connectivity index (χ3v) is 4.78. The smallest absolute Gasteiger partial charge is 0.0345 e. The molecule has 0 saturated carbocycles. The van der Waals surface area contributed by atoms with Gasteiger partial charge in [-0.05, 0) is 38.2 Å². The van der Waals surface area contributed by atoms with E-state index in [0.29, 0.717) is 6.04 Å². The van der Waals surface area contributed by atoms with E-state index in [1.54, 1.807) is 0 Å². The summed E-state index contributed by atoms with van der Waals surface area (Å²) in [5.41, 5.74) is 2.63. The second-order valence-electron chi connectivity index (χ2n) is 5.61. The Balaban J connectivity index is 1.80. The molecule has 0 radical (unpaired) electrons. The van der Waals surface area contributed by atoms with Crippen LogP contribution in [-0.4, -0.2) is 56.1 Å². The highest BCUT2D eigenvalue weighted by atomic mass is 79.9. The van der Waals surface area contributed by atoms with Gasteiger partial charge in [-0.15, -0.1) is 0 Å². The van der Waals surface area contributed by atoms with Crippen molar-refractivity contribution >= 4 is 15.9 Å². The number of likely N-dealkylation sites (N-methyl/N-ethyl adjacent to an activating group) is 2. The highest BCUT2D eigenvalue weighted by molar-refractivity contribution is 9.10. The lowest BCUT2D eigenvalue weighted by Gasteiger charge is -2.37. The highest BCUT2D eigenvalue weighted by Gasteiger charge is 2.21. The van der Waals surface area contributed by atoms with E-state index in [9.17, 15) is 0 Å².